The van der Waals surface area contributed by atoms with Gasteiger partial charge in [-0.25, -0.2) is 0 Å². The van der Waals surface area contributed by atoms with E-state index in [-0.39, 0.29) is 6.67 Å². The van der Waals surface area contributed by atoms with Gasteiger partial charge in [0.2, 0.25) is 0 Å². The third kappa shape index (κ3) is 7.27. The minimum absolute atomic E-state index is 0.299. The monoisotopic (exact) mass is 134 g/mol. The lowest BCUT2D eigenvalue weighted by atomic mass is 10.3. The molecule has 0 aliphatic rings. The van der Waals surface area contributed by atoms with Gasteiger partial charge in [0.25, 0.3) is 0 Å². The van der Waals surface area contributed by atoms with Crippen LogP contribution in [0.25, 0.3) is 0 Å². The Morgan fingerprint density at radius 3 is 2.78 bits per heavy atom. The molecule has 0 bridgehead atoms. The Morgan fingerprint density at radius 2 is 2.22 bits per heavy atom. The van der Waals surface area contributed by atoms with Crippen molar-refractivity contribution >= 4 is 0 Å². The van der Waals surface area contributed by atoms with Crippen molar-refractivity contribution in [3.05, 3.63) is 12.5 Å². The Hall–Kier alpha value is -0.730. The SMILES string of the molecule is OC=COCCCCF. The second-order valence-corrected chi connectivity index (χ2v) is 1.55. The summed E-state index contributed by atoms with van der Waals surface area (Å²) in [6, 6.07) is 0. The van der Waals surface area contributed by atoms with Crippen LogP contribution in [0, 0.1) is 0 Å². The van der Waals surface area contributed by atoms with Crippen LogP contribution in [-0.2, 0) is 4.74 Å². The Balaban J connectivity index is 2.75. The first-order valence-corrected chi connectivity index (χ1v) is 2.88. The average Bonchev–Trinajstić information content (AvgIpc) is 1.89. The second-order valence-electron chi connectivity index (χ2n) is 1.55. The van der Waals surface area contributed by atoms with Gasteiger partial charge in [0.1, 0.15) is 12.5 Å². The van der Waals surface area contributed by atoms with Gasteiger partial charge in [0, 0.05) is 0 Å². The molecule has 0 aromatic carbocycles. The third-order valence-electron chi connectivity index (χ3n) is 0.803. The zero-order valence-electron chi connectivity index (χ0n) is 5.22. The first kappa shape index (κ1) is 8.27. The van der Waals surface area contributed by atoms with Gasteiger partial charge in [0.05, 0.1) is 13.3 Å². The van der Waals surface area contributed by atoms with Crippen LogP contribution in [0.3, 0.4) is 0 Å². The van der Waals surface area contributed by atoms with Crippen molar-refractivity contribution < 1.29 is 14.2 Å². The molecule has 0 fully saturated rings. The fraction of sp³-hybridized carbons (Fsp3) is 0.667. The molecule has 0 amide bonds. The van der Waals surface area contributed by atoms with E-state index in [9.17, 15) is 4.39 Å². The van der Waals surface area contributed by atoms with E-state index in [0.717, 1.165) is 6.26 Å². The van der Waals surface area contributed by atoms with Crippen LogP contribution in [0.1, 0.15) is 12.8 Å². The summed E-state index contributed by atoms with van der Waals surface area (Å²) in [6.45, 7) is 0.174. The number of hydrogen-bond acceptors (Lipinski definition) is 2. The molecule has 54 valence electrons. The number of rotatable bonds is 5. The highest BCUT2D eigenvalue weighted by Crippen LogP contribution is 1.90. The molecule has 0 aliphatic heterocycles. The van der Waals surface area contributed by atoms with Gasteiger partial charge < -0.3 is 9.84 Å². The zero-order chi connectivity index (χ0) is 6.95. The number of alkyl halides is 1. The zero-order valence-corrected chi connectivity index (χ0v) is 5.22. The van der Waals surface area contributed by atoms with Crippen LogP contribution in [0.2, 0.25) is 0 Å². The maximum atomic E-state index is 11.4. The van der Waals surface area contributed by atoms with Crippen molar-refractivity contribution in [1.29, 1.82) is 0 Å². The van der Waals surface area contributed by atoms with E-state index < -0.39 is 0 Å². The van der Waals surface area contributed by atoms with Crippen molar-refractivity contribution in [3.63, 3.8) is 0 Å². The number of unbranched alkanes of at least 4 members (excludes halogenated alkanes) is 1. The van der Waals surface area contributed by atoms with Crippen LogP contribution in [0.5, 0.6) is 0 Å². The van der Waals surface area contributed by atoms with Gasteiger partial charge in [-0.05, 0) is 12.8 Å². The maximum Gasteiger partial charge on any atom is 0.117 e. The van der Waals surface area contributed by atoms with Crippen LogP contribution in [-0.4, -0.2) is 18.4 Å². The number of hydrogen-bond donors (Lipinski definition) is 1. The van der Waals surface area contributed by atoms with Crippen LogP contribution in [0.4, 0.5) is 4.39 Å². The molecule has 0 aliphatic carbocycles. The second kappa shape index (κ2) is 7.27. The molecule has 0 spiro atoms. The van der Waals surface area contributed by atoms with E-state index in [1.165, 1.54) is 6.26 Å². The predicted molar refractivity (Wildman–Crippen MR) is 32.9 cm³/mol. The predicted octanol–water partition coefficient (Wildman–Crippen LogP) is 1.78. The molecule has 9 heavy (non-hydrogen) atoms. The molecule has 1 N–H and O–H groups in total. The molecule has 0 rings (SSSR count). The minimum atomic E-state index is -0.299. The van der Waals surface area contributed by atoms with Crippen molar-refractivity contribution in [2.45, 2.75) is 12.8 Å². The summed E-state index contributed by atoms with van der Waals surface area (Å²) in [7, 11) is 0. The summed E-state index contributed by atoms with van der Waals surface area (Å²) >= 11 is 0. The van der Waals surface area contributed by atoms with Gasteiger partial charge in [0.15, 0.2) is 0 Å². The lowest BCUT2D eigenvalue weighted by Crippen LogP contribution is -1.87. The summed E-state index contributed by atoms with van der Waals surface area (Å²) in [5, 5.41) is 8.04. The largest absolute Gasteiger partial charge is 0.512 e. The number of halogens is 1. The van der Waals surface area contributed by atoms with E-state index in [1.807, 2.05) is 0 Å². The van der Waals surface area contributed by atoms with Crippen LogP contribution in [0.15, 0.2) is 12.5 Å². The van der Waals surface area contributed by atoms with Crippen molar-refractivity contribution in [3.8, 4) is 0 Å². The van der Waals surface area contributed by atoms with Crippen molar-refractivity contribution in [2.24, 2.45) is 0 Å². The highest BCUT2D eigenvalue weighted by molar-refractivity contribution is 4.56. The Bertz CT molecular complexity index is 73.5. The normalized spacial score (nSPS) is 10.3. The standard InChI is InChI=1S/C6H11FO2/c7-3-1-2-5-9-6-4-8/h4,6,8H,1-3,5H2. The van der Waals surface area contributed by atoms with Gasteiger partial charge in [-0.3, -0.25) is 4.39 Å². The quantitative estimate of drug-likeness (QED) is 0.458. The van der Waals surface area contributed by atoms with Crippen LogP contribution >= 0.6 is 0 Å². The van der Waals surface area contributed by atoms with E-state index in [1.54, 1.807) is 0 Å². The lowest BCUT2D eigenvalue weighted by molar-refractivity contribution is 0.227. The Morgan fingerprint density at radius 1 is 1.44 bits per heavy atom. The number of aliphatic hydroxyl groups is 1. The highest BCUT2D eigenvalue weighted by atomic mass is 19.1. The molecule has 0 unspecified atom stereocenters. The average molecular weight is 134 g/mol. The Labute approximate surface area is 53.9 Å². The number of aliphatic hydroxyl groups excluding tert-OH is 1. The summed E-state index contributed by atoms with van der Waals surface area (Å²) in [6.07, 6.45) is 3.22. The van der Waals surface area contributed by atoms with Gasteiger partial charge in [-0.1, -0.05) is 0 Å². The third-order valence-corrected chi connectivity index (χ3v) is 0.803. The minimum Gasteiger partial charge on any atom is -0.512 e. The van der Waals surface area contributed by atoms with Gasteiger partial charge >= 0.3 is 0 Å². The molecule has 0 saturated heterocycles. The van der Waals surface area contributed by atoms with E-state index >= 15 is 0 Å². The highest BCUT2D eigenvalue weighted by Gasteiger charge is 1.83. The van der Waals surface area contributed by atoms with E-state index in [2.05, 4.69) is 4.74 Å². The molecule has 3 heteroatoms. The first-order chi connectivity index (χ1) is 4.41. The summed E-state index contributed by atoms with van der Waals surface area (Å²) in [5.74, 6) is 0. The molecule has 0 radical (unpaired) electrons. The molecule has 0 aromatic rings. The smallest absolute Gasteiger partial charge is 0.117 e. The van der Waals surface area contributed by atoms with Crippen LogP contribution < -0.4 is 0 Å². The van der Waals surface area contributed by atoms with E-state index in [0.29, 0.717) is 19.4 Å². The molecule has 0 aromatic heterocycles. The van der Waals surface area contributed by atoms with Crippen molar-refractivity contribution in [2.75, 3.05) is 13.3 Å². The Kier molecular flexibility index (Phi) is 6.68. The molecule has 0 atom stereocenters. The summed E-state index contributed by atoms with van der Waals surface area (Å²) in [5.41, 5.74) is 0. The topological polar surface area (TPSA) is 29.5 Å². The first-order valence-electron chi connectivity index (χ1n) is 2.88. The fourth-order valence-electron chi connectivity index (χ4n) is 0.391. The molecular formula is C6H11FO2. The molecule has 0 saturated carbocycles. The molecular weight excluding hydrogens is 123 g/mol. The summed E-state index contributed by atoms with van der Waals surface area (Å²) < 4.78 is 16.1. The lowest BCUT2D eigenvalue weighted by Gasteiger charge is -1.95. The molecule has 2 nitrogen and oxygen atoms in total. The van der Waals surface area contributed by atoms with Gasteiger partial charge in [-0.2, -0.15) is 0 Å². The van der Waals surface area contributed by atoms with E-state index in [4.69, 9.17) is 5.11 Å². The summed E-state index contributed by atoms with van der Waals surface area (Å²) in [4.78, 5) is 0. The molecule has 0 heterocycles. The maximum absolute atomic E-state index is 11.4. The van der Waals surface area contributed by atoms with Gasteiger partial charge in [-0.15, -0.1) is 0 Å². The van der Waals surface area contributed by atoms with Crippen molar-refractivity contribution in [1.82, 2.24) is 0 Å². The fourth-order valence-corrected chi connectivity index (χ4v) is 0.391. The number of ether oxygens (including phenoxy) is 1.